The summed E-state index contributed by atoms with van der Waals surface area (Å²) in [6.07, 6.45) is 1.64. The van der Waals surface area contributed by atoms with Crippen LogP contribution in [0.25, 0.3) is 49.9 Å². The zero-order valence-corrected chi connectivity index (χ0v) is 20.8. The van der Waals surface area contributed by atoms with Crippen LogP contribution in [0.4, 0.5) is 14.6 Å². The van der Waals surface area contributed by atoms with Crippen LogP contribution >= 0.6 is 0 Å². The molecule has 0 saturated heterocycles. The standard InChI is InChI=1S/C31H23F2N3O2/c1-4-17-10-24-25(13-22(17)20-8-6-19(32)12-27(20)33)30-23-11-18(5-7-21(23)29(24)38-30)31(37)35-14-26-15(2)9-28(34)36-16(26)3/h4-13H,1,14H2,2-3H3,(H2,34,36)(H,35,37). The topological polar surface area (TPSA) is 81.2 Å². The number of pyridine rings is 1. The molecule has 3 N–H and O–H groups in total. The maximum Gasteiger partial charge on any atom is 0.251 e. The monoisotopic (exact) mass is 507 g/mol. The van der Waals surface area contributed by atoms with Gasteiger partial charge < -0.3 is 15.5 Å². The zero-order chi connectivity index (χ0) is 26.7. The Morgan fingerprint density at radius 3 is 2.45 bits per heavy atom. The van der Waals surface area contributed by atoms with E-state index in [0.717, 1.165) is 44.4 Å². The maximum absolute atomic E-state index is 14.7. The molecule has 38 heavy (non-hydrogen) atoms. The first-order valence-electron chi connectivity index (χ1n) is 12.1. The van der Waals surface area contributed by atoms with E-state index < -0.39 is 11.6 Å². The molecule has 3 heterocycles. The van der Waals surface area contributed by atoms with Crippen molar-refractivity contribution in [3.8, 4) is 11.1 Å². The Labute approximate surface area is 216 Å². The van der Waals surface area contributed by atoms with Crippen LogP contribution in [0.2, 0.25) is 0 Å². The van der Waals surface area contributed by atoms with Gasteiger partial charge in [0, 0.05) is 51.0 Å². The van der Waals surface area contributed by atoms with Gasteiger partial charge in [0.15, 0.2) is 0 Å². The molecule has 2 bridgehead atoms. The molecule has 0 saturated carbocycles. The van der Waals surface area contributed by atoms with E-state index in [1.165, 1.54) is 12.1 Å². The summed E-state index contributed by atoms with van der Waals surface area (Å²) >= 11 is 0. The highest BCUT2D eigenvalue weighted by Crippen LogP contribution is 2.44. The van der Waals surface area contributed by atoms with E-state index in [1.54, 1.807) is 24.3 Å². The Kier molecular flexibility index (Phi) is 5.38. The molecular weight excluding hydrogens is 484 g/mol. The lowest BCUT2D eigenvalue weighted by Gasteiger charge is -2.12. The highest BCUT2D eigenvalue weighted by molar-refractivity contribution is 6.26. The lowest BCUT2D eigenvalue weighted by molar-refractivity contribution is 0.0951. The summed E-state index contributed by atoms with van der Waals surface area (Å²) in [5.41, 5.74) is 11.8. The summed E-state index contributed by atoms with van der Waals surface area (Å²) in [7, 11) is 0. The molecule has 6 aromatic rings. The second kappa shape index (κ2) is 8.66. The number of carbonyl (C=O) groups is 1. The van der Waals surface area contributed by atoms with Crippen LogP contribution in [0.15, 0.2) is 65.6 Å². The van der Waals surface area contributed by atoms with Crippen molar-refractivity contribution in [2.45, 2.75) is 20.4 Å². The Balaban J connectivity index is 1.40. The van der Waals surface area contributed by atoms with Gasteiger partial charge >= 0.3 is 0 Å². The van der Waals surface area contributed by atoms with Gasteiger partial charge in [-0.1, -0.05) is 12.7 Å². The number of rotatable bonds is 5. The van der Waals surface area contributed by atoms with Crippen LogP contribution in [0, 0.1) is 25.5 Å². The molecule has 3 aromatic heterocycles. The fraction of sp³-hybridized carbons (Fsp3) is 0.0968. The van der Waals surface area contributed by atoms with Crippen molar-refractivity contribution in [1.29, 1.82) is 0 Å². The largest absolute Gasteiger partial charge is 0.455 e. The molecule has 0 aliphatic heterocycles. The molecule has 0 radical (unpaired) electrons. The molecule has 3 aromatic carbocycles. The molecule has 0 spiro atoms. The second-order valence-electron chi connectivity index (χ2n) is 9.44. The minimum Gasteiger partial charge on any atom is -0.455 e. The van der Waals surface area contributed by atoms with E-state index in [4.69, 9.17) is 10.2 Å². The van der Waals surface area contributed by atoms with Crippen molar-refractivity contribution in [1.82, 2.24) is 10.3 Å². The molecule has 6 rings (SSSR count). The molecule has 0 fully saturated rings. The van der Waals surface area contributed by atoms with Gasteiger partial charge in [0.1, 0.15) is 28.6 Å². The van der Waals surface area contributed by atoms with E-state index in [-0.39, 0.29) is 11.5 Å². The minimum atomic E-state index is -0.657. The number of fused-ring (bicyclic) bond motifs is 8. The minimum absolute atomic E-state index is 0.229. The highest BCUT2D eigenvalue weighted by Gasteiger charge is 2.21. The van der Waals surface area contributed by atoms with Gasteiger partial charge in [0.05, 0.1) is 0 Å². The second-order valence-corrected chi connectivity index (χ2v) is 9.44. The fourth-order valence-electron chi connectivity index (χ4n) is 5.21. The van der Waals surface area contributed by atoms with E-state index in [9.17, 15) is 13.6 Å². The van der Waals surface area contributed by atoms with Crippen LogP contribution in [-0.2, 0) is 6.54 Å². The van der Waals surface area contributed by atoms with E-state index in [0.29, 0.717) is 40.2 Å². The molecule has 0 atom stereocenters. The Hall–Kier alpha value is -4.78. The van der Waals surface area contributed by atoms with Gasteiger partial charge in [-0.2, -0.15) is 0 Å². The molecule has 1 amide bonds. The summed E-state index contributed by atoms with van der Waals surface area (Å²) in [5.74, 6) is -1.08. The lowest BCUT2D eigenvalue weighted by atomic mass is 9.93. The van der Waals surface area contributed by atoms with Gasteiger partial charge in [-0.05, 0) is 84.6 Å². The van der Waals surface area contributed by atoms with Crippen LogP contribution in [0.3, 0.4) is 0 Å². The molecule has 5 nitrogen and oxygen atoms in total. The third-order valence-corrected chi connectivity index (χ3v) is 7.09. The van der Waals surface area contributed by atoms with Crippen LogP contribution in [-0.4, -0.2) is 10.9 Å². The predicted octanol–water partition coefficient (Wildman–Crippen LogP) is 7.29. The van der Waals surface area contributed by atoms with Gasteiger partial charge in [-0.25, -0.2) is 13.8 Å². The highest BCUT2D eigenvalue weighted by atomic mass is 19.1. The van der Waals surface area contributed by atoms with E-state index >= 15 is 0 Å². The summed E-state index contributed by atoms with van der Waals surface area (Å²) in [5, 5.41) is 6.29. The van der Waals surface area contributed by atoms with Crippen LogP contribution in [0.1, 0.15) is 32.7 Å². The first kappa shape index (κ1) is 23.6. The number of nitrogens with two attached hydrogens (primary N) is 1. The summed E-state index contributed by atoms with van der Waals surface area (Å²) in [6.45, 7) is 8.00. The van der Waals surface area contributed by atoms with Crippen molar-refractivity contribution in [3.63, 3.8) is 0 Å². The quantitative estimate of drug-likeness (QED) is 0.240. The van der Waals surface area contributed by atoms with Gasteiger partial charge in [-0.3, -0.25) is 4.79 Å². The fourth-order valence-corrected chi connectivity index (χ4v) is 5.21. The van der Waals surface area contributed by atoms with Crippen molar-refractivity contribution in [2.24, 2.45) is 0 Å². The molecule has 0 aliphatic rings. The molecular formula is C31H23F2N3O2. The maximum atomic E-state index is 14.7. The average molecular weight is 508 g/mol. The Morgan fingerprint density at radius 2 is 1.71 bits per heavy atom. The summed E-state index contributed by atoms with van der Waals surface area (Å²) < 4.78 is 34.4. The predicted molar refractivity (Wildman–Crippen MR) is 147 cm³/mol. The number of nitrogens with one attached hydrogen (secondary N) is 1. The SMILES string of the molecule is C=Cc1cc2c(cc1-c1ccc(F)cc1F)c1oc2c2ccc(C(=O)NCc3c(C)cc(N)nc3C)cc21. The van der Waals surface area contributed by atoms with E-state index in [2.05, 4.69) is 16.9 Å². The van der Waals surface area contributed by atoms with Crippen molar-refractivity contribution >= 4 is 50.5 Å². The number of anilines is 1. The average Bonchev–Trinajstić information content (AvgIpc) is 3.44. The zero-order valence-electron chi connectivity index (χ0n) is 20.8. The van der Waals surface area contributed by atoms with Crippen molar-refractivity contribution in [3.05, 3.63) is 101 Å². The number of nitrogens with zero attached hydrogens (tertiary/aromatic N) is 1. The van der Waals surface area contributed by atoms with Gasteiger partial charge in [-0.15, -0.1) is 0 Å². The number of nitrogen functional groups attached to an aromatic ring is 1. The van der Waals surface area contributed by atoms with Crippen molar-refractivity contribution in [2.75, 3.05) is 5.73 Å². The number of furan rings is 2. The normalized spacial score (nSPS) is 11.6. The number of benzene rings is 4. The third kappa shape index (κ3) is 3.66. The number of hydrogen-bond donors (Lipinski definition) is 2. The number of halogens is 2. The van der Waals surface area contributed by atoms with Gasteiger partial charge in [0.25, 0.3) is 5.91 Å². The first-order valence-corrected chi connectivity index (χ1v) is 12.1. The first-order chi connectivity index (χ1) is 18.2. The molecule has 7 heteroatoms. The number of aryl methyl sites for hydroxylation is 2. The molecule has 0 unspecified atom stereocenters. The number of carbonyl (C=O) groups excluding carboxylic acids is 1. The lowest BCUT2D eigenvalue weighted by Crippen LogP contribution is -2.24. The number of amides is 1. The van der Waals surface area contributed by atoms with E-state index in [1.807, 2.05) is 32.0 Å². The van der Waals surface area contributed by atoms with Crippen LogP contribution in [0.5, 0.6) is 0 Å². The summed E-state index contributed by atoms with van der Waals surface area (Å²) in [4.78, 5) is 17.3. The van der Waals surface area contributed by atoms with Gasteiger partial charge in [0.2, 0.25) is 0 Å². The van der Waals surface area contributed by atoms with Crippen LogP contribution < -0.4 is 11.1 Å². The smallest absolute Gasteiger partial charge is 0.251 e. The third-order valence-electron chi connectivity index (χ3n) is 7.09. The Bertz CT molecular complexity index is 1900. The summed E-state index contributed by atoms with van der Waals surface area (Å²) in [6, 6.07) is 14.5. The molecule has 0 aliphatic carbocycles. The number of aromatic nitrogens is 1. The molecule has 188 valence electrons. The number of hydrogen-bond acceptors (Lipinski definition) is 4. The van der Waals surface area contributed by atoms with Crippen molar-refractivity contribution < 1.29 is 18.0 Å². The Morgan fingerprint density at radius 1 is 0.974 bits per heavy atom.